The lowest BCUT2D eigenvalue weighted by molar-refractivity contribution is -0.114. The number of sulfonamides is 1. The Bertz CT molecular complexity index is 1510. The molecule has 1 amide bonds. The number of carbonyl (C=O) groups excluding carboxylic acids is 1. The van der Waals surface area contributed by atoms with Gasteiger partial charge in [0.15, 0.2) is 0 Å². The van der Waals surface area contributed by atoms with Gasteiger partial charge in [0, 0.05) is 11.6 Å². The number of hydrogen-bond donors (Lipinski definition) is 1. The van der Waals surface area contributed by atoms with Crippen molar-refractivity contribution in [3.63, 3.8) is 0 Å². The van der Waals surface area contributed by atoms with E-state index in [1.54, 1.807) is 17.5 Å². The summed E-state index contributed by atoms with van der Waals surface area (Å²) in [4.78, 5) is 12.3. The summed E-state index contributed by atoms with van der Waals surface area (Å²) < 4.78 is 32.9. The van der Waals surface area contributed by atoms with Gasteiger partial charge in [-0.05, 0) is 53.1 Å². The summed E-state index contributed by atoms with van der Waals surface area (Å²) in [5, 5.41) is 1.65. The molecule has 7 heteroatoms. The van der Waals surface area contributed by atoms with Gasteiger partial charge in [0.1, 0.15) is 16.6 Å². The predicted octanol–water partition coefficient (Wildman–Crippen LogP) is 6.41. The molecule has 5 nitrogen and oxygen atoms in total. The summed E-state index contributed by atoms with van der Waals surface area (Å²) >= 11 is 1.06. The first-order valence-corrected chi connectivity index (χ1v) is 14.1. The standard InChI is InChI=1S/C30H27NO4S2/c1-23-10-7-16-27(30(23)35-22-24-11-3-2-4-12-24)17-8-15-25-13-5-6-14-26(25)19-20-28(32)31-37(33,34)29-18-9-21-36-29/h2-14,16-21H,15,22H2,1H3,(H,31,32)/b17-8+,20-19-. The third kappa shape index (κ3) is 7.29. The molecule has 1 aromatic heterocycles. The zero-order valence-electron chi connectivity index (χ0n) is 20.3. The quantitative estimate of drug-likeness (QED) is 0.241. The van der Waals surface area contributed by atoms with E-state index in [1.165, 1.54) is 12.1 Å². The largest absolute Gasteiger partial charge is 0.488 e. The topological polar surface area (TPSA) is 72.5 Å². The van der Waals surface area contributed by atoms with Crippen molar-refractivity contribution in [2.45, 2.75) is 24.2 Å². The van der Waals surface area contributed by atoms with Gasteiger partial charge in [-0.2, -0.15) is 0 Å². The van der Waals surface area contributed by atoms with Crippen molar-refractivity contribution >= 4 is 39.4 Å². The van der Waals surface area contributed by atoms with Gasteiger partial charge in [-0.15, -0.1) is 11.3 Å². The van der Waals surface area contributed by atoms with Crippen LogP contribution in [0.5, 0.6) is 5.75 Å². The number of para-hydroxylation sites is 1. The Morgan fingerprint density at radius 1 is 0.892 bits per heavy atom. The van der Waals surface area contributed by atoms with Gasteiger partial charge in [0.2, 0.25) is 0 Å². The van der Waals surface area contributed by atoms with Crippen molar-refractivity contribution < 1.29 is 17.9 Å². The first-order valence-electron chi connectivity index (χ1n) is 11.7. The van der Waals surface area contributed by atoms with Gasteiger partial charge < -0.3 is 4.74 Å². The molecule has 1 heterocycles. The van der Waals surface area contributed by atoms with E-state index in [-0.39, 0.29) is 4.21 Å². The number of amides is 1. The van der Waals surface area contributed by atoms with Crippen LogP contribution in [-0.4, -0.2) is 14.3 Å². The molecule has 0 spiro atoms. The van der Waals surface area contributed by atoms with Crippen LogP contribution in [-0.2, 0) is 27.8 Å². The minimum Gasteiger partial charge on any atom is -0.488 e. The van der Waals surface area contributed by atoms with Crippen molar-refractivity contribution in [3.8, 4) is 5.75 Å². The highest BCUT2D eigenvalue weighted by Gasteiger charge is 2.17. The van der Waals surface area contributed by atoms with Crippen LogP contribution in [0.1, 0.15) is 27.8 Å². The number of allylic oxidation sites excluding steroid dienone is 1. The second kappa shape index (κ2) is 12.3. The van der Waals surface area contributed by atoms with E-state index in [0.29, 0.717) is 13.0 Å². The van der Waals surface area contributed by atoms with E-state index in [4.69, 9.17) is 4.74 Å². The smallest absolute Gasteiger partial charge is 0.273 e. The molecule has 4 aromatic rings. The monoisotopic (exact) mass is 529 g/mol. The summed E-state index contributed by atoms with van der Waals surface area (Å²) in [5.74, 6) is 0.151. The molecule has 0 radical (unpaired) electrons. The molecule has 0 aliphatic carbocycles. The van der Waals surface area contributed by atoms with E-state index < -0.39 is 15.9 Å². The van der Waals surface area contributed by atoms with E-state index in [9.17, 15) is 13.2 Å². The van der Waals surface area contributed by atoms with Gasteiger partial charge in [0.05, 0.1) is 0 Å². The molecule has 37 heavy (non-hydrogen) atoms. The van der Waals surface area contributed by atoms with Crippen LogP contribution in [0.3, 0.4) is 0 Å². The highest BCUT2D eigenvalue weighted by molar-refractivity contribution is 7.92. The average Bonchev–Trinajstić information content (AvgIpc) is 3.45. The molecule has 4 rings (SSSR count). The third-order valence-electron chi connectivity index (χ3n) is 5.57. The van der Waals surface area contributed by atoms with Crippen molar-refractivity contribution in [2.24, 2.45) is 0 Å². The van der Waals surface area contributed by atoms with Crippen LogP contribution in [0.15, 0.2) is 107 Å². The van der Waals surface area contributed by atoms with Crippen LogP contribution in [0, 0.1) is 6.92 Å². The SMILES string of the molecule is Cc1cccc(/C=C/Cc2ccccc2/C=C\C(=O)NS(=O)(=O)c2cccs2)c1OCc1ccccc1. The second-order valence-corrected chi connectivity index (χ2v) is 11.2. The van der Waals surface area contributed by atoms with E-state index >= 15 is 0 Å². The second-order valence-electron chi connectivity index (χ2n) is 8.31. The minimum absolute atomic E-state index is 0.100. The Labute approximate surface area is 221 Å². The third-order valence-corrected chi connectivity index (χ3v) is 8.31. The maximum Gasteiger partial charge on any atom is 0.273 e. The Morgan fingerprint density at radius 3 is 2.43 bits per heavy atom. The molecular weight excluding hydrogens is 502 g/mol. The average molecular weight is 530 g/mol. The van der Waals surface area contributed by atoms with Crippen molar-refractivity contribution in [1.29, 1.82) is 0 Å². The lowest BCUT2D eigenvalue weighted by Crippen LogP contribution is -2.28. The van der Waals surface area contributed by atoms with Gasteiger partial charge in [-0.3, -0.25) is 4.79 Å². The number of rotatable bonds is 10. The first-order chi connectivity index (χ1) is 17.9. The zero-order valence-corrected chi connectivity index (χ0v) is 22.0. The van der Waals surface area contributed by atoms with Crippen LogP contribution in [0.2, 0.25) is 0 Å². The molecular formula is C30H27NO4S2. The molecule has 0 bridgehead atoms. The molecule has 0 aliphatic rings. The fourth-order valence-corrected chi connectivity index (χ4v) is 5.67. The number of carbonyl (C=O) groups is 1. The fourth-order valence-electron chi connectivity index (χ4n) is 3.73. The summed E-state index contributed by atoms with van der Waals surface area (Å²) in [6.45, 7) is 2.52. The van der Waals surface area contributed by atoms with Crippen LogP contribution in [0.25, 0.3) is 12.2 Å². The number of benzene rings is 3. The first kappa shape index (κ1) is 26.1. The maximum atomic E-state index is 12.3. The Morgan fingerprint density at radius 2 is 1.65 bits per heavy atom. The molecule has 0 fully saturated rings. The van der Waals surface area contributed by atoms with Crippen molar-refractivity contribution in [1.82, 2.24) is 4.72 Å². The number of hydrogen-bond acceptors (Lipinski definition) is 5. The molecule has 0 atom stereocenters. The highest BCUT2D eigenvalue weighted by Crippen LogP contribution is 2.26. The molecule has 0 saturated carbocycles. The summed E-state index contributed by atoms with van der Waals surface area (Å²) in [6.07, 6.45) is 7.58. The lowest BCUT2D eigenvalue weighted by atomic mass is 10.0. The van der Waals surface area contributed by atoms with Crippen LogP contribution in [0.4, 0.5) is 0 Å². The lowest BCUT2D eigenvalue weighted by Gasteiger charge is -2.12. The van der Waals surface area contributed by atoms with Gasteiger partial charge in [-0.25, -0.2) is 13.1 Å². The van der Waals surface area contributed by atoms with E-state index in [2.05, 4.69) is 10.8 Å². The molecule has 0 unspecified atom stereocenters. The summed E-state index contributed by atoms with van der Waals surface area (Å²) in [5.41, 5.74) is 4.99. The Balaban J connectivity index is 1.43. The number of nitrogens with one attached hydrogen (secondary N) is 1. The van der Waals surface area contributed by atoms with Crippen LogP contribution >= 0.6 is 11.3 Å². The number of ether oxygens (including phenoxy) is 1. The minimum atomic E-state index is -3.86. The van der Waals surface area contributed by atoms with Crippen molar-refractivity contribution in [2.75, 3.05) is 0 Å². The summed E-state index contributed by atoms with van der Waals surface area (Å²) in [7, 11) is -3.86. The number of aryl methyl sites for hydroxylation is 1. The van der Waals surface area contributed by atoms with Gasteiger partial charge in [0.25, 0.3) is 15.9 Å². The Kier molecular flexibility index (Phi) is 8.72. The predicted molar refractivity (Wildman–Crippen MR) is 150 cm³/mol. The summed E-state index contributed by atoms with van der Waals surface area (Å²) in [6, 6.07) is 26.9. The zero-order chi connectivity index (χ0) is 26.1. The highest BCUT2D eigenvalue weighted by atomic mass is 32.2. The fraction of sp³-hybridized carbons (Fsp3) is 0.100. The molecule has 0 saturated heterocycles. The Hall–Kier alpha value is -3.94. The maximum absolute atomic E-state index is 12.3. The molecule has 1 N–H and O–H groups in total. The van der Waals surface area contributed by atoms with Crippen molar-refractivity contribution in [3.05, 3.63) is 130 Å². The van der Waals surface area contributed by atoms with Gasteiger partial charge >= 0.3 is 0 Å². The van der Waals surface area contributed by atoms with Gasteiger partial charge in [-0.1, -0.05) is 91.0 Å². The van der Waals surface area contributed by atoms with E-state index in [1.807, 2.05) is 85.8 Å². The molecule has 3 aromatic carbocycles. The van der Waals surface area contributed by atoms with E-state index in [0.717, 1.165) is 44.9 Å². The van der Waals surface area contributed by atoms with Crippen LogP contribution < -0.4 is 9.46 Å². The normalized spacial score (nSPS) is 11.7. The molecule has 188 valence electrons. The molecule has 0 aliphatic heterocycles. The number of thiophene rings is 1.